The topological polar surface area (TPSA) is 54.5 Å². The lowest BCUT2D eigenvalue weighted by Crippen LogP contribution is -2.30. The van der Waals surface area contributed by atoms with Crippen LogP contribution in [0.4, 0.5) is 0 Å². The number of nitrogens with zero attached hydrogens (tertiary/aromatic N) is 3. The molecule has 0 bridgehead atoms. The normalized spacial score (nSPS) is 20.1. The fourth-order valence-corrected chi connectivity index (χ4v) is 4.35. The Kier molecular flexibility index (Phi) is 4.02. The van der Waals surface area contributed by atoms with Gasteiger partial charge in [-0.1, -0.05) is 89.2 Å². The predicted molar refractivity (Wildman–Crippen MR) is 110 cm³/mol. The molecule has 0 fully saturated rings. The molecule has 1 aliphatic carbocycles. The van der Waals surface area contributed by atoms with Gasteiger partial charge in [0.15, 0.2) is 0 Å². The van der Waals surface area contributed by atoms with Crippen molar-refractivity contribution in [2.24, 2.45) is 5.92 Å². The minimum Gasteiger partial charge on any atom is -0.177 e. The van der Waals surface area contributed by atoms with E-state index in [1.165, 1.54) is 16.7 Å². The smallest absolute Gasteiger partial charge is 0.177 e. The molecule has 0 saturated carbocycles. The number of H-pyrrole nitrogens is 1. The van der Waals surface area contributed by atoms with Gasteiger partial charge in [0.1, 0.15) is 0 Å². The van der Waals surface area contributed by atoms with E-state index in [0.717, 1.165) is 11.1 Å². The van der Waals surface area contributed by atoms with Crippen molar-refractivity contribution in [2.75, 3.05) is 0 Å². The van der Waals surface area contributed by atoms with Gasteiger partial charge in [-0.2, -0.15) is 5.21 Å². The van der Waals surface area contributed by atoms with Gasteiger partial charge in [-0.3, -0.25) is 0 Å². The maximum Gasteiger partial charge on any atom is 0.204 e. The second-order valence-corrected chi connectivity index (χ2v) is 8.66. The van der Waals surface area contributed by atoms with E-state index >= 15 is 0 Å². The number of rotatable bonds is 3. The van der Waals surface area contributed by atoms with Crippen LogP contribution in [0.2, 0.25) is 0 Å². The second-order valence-electron chi connectivity index (χ2n) is 8.66. The molecule has 0 radical (unpaired) electrons. The van der Waals surface area contributed by atoms with Gasteiger partial charge < -0.3 is 0 Å². The SMILES string of the molecule is CC1C(C)(C)c2ccc(C=Cc3ccc(-c4nn[nH]n4)cc3)cc2C1(C)C. The number of benzene rings is 2. The molecule has 1 unspecified atom stereocenters. The van der Waals surface area contributed by atoms with E-state index in [0.29, 0.717) is 11.7 Å². The highest BCUT2D eigenvalue weighted by Crippen LogP contribution is 2.53. The quantitative estimate of drug-likeness (QED) is 0.651. The van der Waals surface area contributed by atoms with Gasteiger partial charge in [0.05, 0.1) is 0 Å². The Labute approximate surface area is 160 Å². The molecule has 1 N–H and O–H groups in total. The van der Waals surface area contributed by atoms with E-state index in [1.807, 2.05) is 12.1 Å². The van der Waals surface area contributed by atoms with Gasteiger partial charge >= 0.3 is 0 Å². The predicted octanol–water partition coefficient (Wildman–Crippen LogP) is 5.24. The Balaban J connectivity index is 1.60. The largest absolute Gasteiger partial charge is 0.204 e. The maximum atomic E-state index is 4.01. The van der Waals surface area contributed by atoms with Gasteiger partial charge in [0, 0.05) is 5.56 Å². The Morgan fingerprint density at radius 3 is 2.15 bits per heavy atom. The highest BCUT2D eigenvalue weighted by Gasteiger charge is 2.48. The number of aromatic amines is 1. The van der Waals surface area contributed by atoms with E-state index in [2.05, 4.69) is 97.7 Å². The molecular weight excluding hydrogens is 332 g/mol. The fourth-order valence-electron chi connectivity index (χ4n) is 4.35. The number of hydrogen-bond donors (Lipinski definition) is 1. The van der Waals surface area contributed by atoms with Crippen molar-refractivity contribution in [1.29, 1.82) is 0 Å². The number of aromatic nitrogens is 4. The van der Waals surface area contributed by atoms with E-state index in [-0.39, 0.29) is 10.8 Å². The van der Waals surface area contributed by atoms with Gasteiger partial charge in [0.2, 0.25) is 5.82 Å². The fraction of sp³-hybridized carbons (Fsp3) is 0.348. The number of fused-ring (bicyclic) bond motifs is 1. The summed E-state index contributed by atoms with van der Waals surface area (Å²) in [6.45, 7) is 11.9. The molecule has 0 amide bonds. The first kappa shape index (κ1) is 17.7. The molecule has 1 aromatic heterocycles. The minimum absolute atomic E-state index is 0.189. The monoisotopic (exact) mass is 358 g/mol. The van der Waals surface area contributed by atoms with Gasteiger partial charge in [-0.25, -0.2) is 0 Å². The first-order chi connectivity index (χ1) is 12.8. The lowest BCUT2D eigenvalue weighted by atomic mass is 9.71. The summed E-state index contributed by atoms with van der Waals surface area (Å²) < 4.78 is 0. The van der Waals surface area contributed by atoms with Crippen LogP contribution in [0.5, 0.6) is 0 Å². The van der Waals surface area contributed by atoms with Gasteiger partial charge in [0.25, 0.3) is 0 Å². The van der Waals surface area contributed by atoms with Gasteiger partial charge in [-0.15, -0.1) is 10.2 Å². The maximum absolute atomic E-state index is 4.01. The third kappa shape index (κ3) is 2.89. The zero-order chi connectivity index (χ0) is 19.2. The Morgan fingerprint density at radius 2 is 1.48 bits per heavy atom. The Bertz CT molecular complexity index is 980. The Hall–Kier alpha value is -2.75. The molecule has 0 saturated heterocycles. The highest BCUT2D eigenvalue weighted by atomic mass is 15.5. The summed E-state index contributed by atoms with van der Waals surface area (Å²) in [6.07, 6.45) is 4.34. The lowest BCUT2D eigenvalue weighted by molar-refractivity contribution is 0.264. The third-order valence-corrected chi connectivity index (χ3v) is 6.58. The molecule has 4 heteroatoms. The van der Waals surface area contributed by atoms with Crippen molar-refractivity contribution >= 4 is 12.2 Å². The molecule has 27 heavy (non-hydrogen) atoms. The Morgan fingerprint density at radius 1 is 0.852 bits per heavy atom. The molecule has 2 aromatic carbocycles. The standard InChI is InChI=1S/C23H26N4/c1-15-22(2,3)19-13-10-17(14-20(19)23(15,4)5)7-6-16-8-11-18(12-9-16)21-24-26-27-25-21/h6-15H,1-5H3,(H,24,25,26,27). The van der Waals surface area contributed by atoms with Crippen LogP contribution in [-0.2, 0) is 10.8 Å². The molecule has 0 spiro atoms. The van der Waals surface area contributed by atoms with Crippen LogP contribution in [-0.4, -0.2) is 20.6 Å². The molecule has 4 rings (SSSR count). The summed E-state index contributed by atoms with van der Waals surface area (Å²) in [6, 6.07) is 15.1. The molecule has 4 nitrogen and oxygen atoms in total. The summed E-state index contributed by atoms with van der Waals surface area (Å²) in [5, 5.41) is 14.1. The molecule has 3 aromatic rings. The summed E-state index contributed by atoms with van der Waals surface area (Å²) in [5.74, 6) is 1.22. The molecule has 0 aliphatic heterocycles. The van der Waals surface area contributed by atoms with Crippen molar-refractivity contribution in [2.45, 2.75) is 45.4 Å². The first-order valence-corrected chi connectivity index (χ1v) is 9.47. The van der Waals surface area contributed by atoms with Crippen LogP contribution >= 0.6 is 0 Å². The third-order valence-electron chi connectivity index (χ3n) is 6.58. The van der Waals surface area contributed by atoms with Crippen molar-refractivity contribution in [1.82, 2.24) is 20.6 Å². The number of hydrogen-bond acceptors (Lipinski definition) is 3. The van der Waals surface area contributed by atoms with Crippen molar-refractivity contribution in [3.05, 3.63) is 64.7 Å². The molecule has 1 aliphatic rings. The first-order valence-electron chi connectivity index (χ1n) is 9.47. The van der Waals surface area contributed by atoms with Crippen LogP contribution in [0.1, 0.15) is 56.9 Å². The van der Waals surface area contributed by atoms with Crippen LogP contribution in [0.15, 0.2) is 42.5 Å². The van der Waals surface area contributed by atoms with E-state index in [9.17, 15) is 0 Å². The molecule has 1 heterocycles. The van der Waals surface area contributed by atoms with Crippen LogP contribution in [0.25, 0.3) is 23.5 Å². The number of nitrogens with one attached hydrogen (secondary N) is 1. The van der Waals surface area contributed by atoms with Crippen molar-refractivity contribution in [3.63, 3.8) is 0 Å². The summed E-state index contributed by atoms with van der Waals surface area (Å²) in [7, 11) is 0. The summed E-state index contributed by atoms with van der Waals surface area (Å²) >= 11 is 0. The summed E-state index contributed by atoms with van der Waals surface area (Å²) in [4.78, 5) is 0. The molecular formula is C23H26N4. The van der Waals surface area contributed by atoms with E-state index < -0.39 is 0 Å². The van der Waals surface area contributed by atoms with E-state index in [4.69, 9.17) is 0 Å². The zero-order valence-corrected chi connectivity index (χ0v) is 16.6. The average Bonchev–Trinajstić information content (AvgIpc) is 3.24. The molecule has 138 valence electrons. The molecule has 1 atom stereocenters. The van der Waals surface area contributed by atoms with Crippen LogP contribution in [0.3, 0.4) is 0 Å². The lowest BCUT2D eigenvalue weighted by Gasteiger charge is -2.32. The van der Waals surface area contributed by atoms with Crippen molar-refractivity contribution < 1.29 is 0 Å². The highest BCUT2D eigenvalue weighted by molar-refractivity contribution is 5.72. The van der Waals surface area contributed by atoms with Crippen LogP contribution in [0, 0.1) is 5.92 Å². The number of tetrazole rings is 1. The van der Waals surface area contributed by atoms with Gasteiger partial charge in [-0.05, 0) is 44.2 Å². The summed E-state index contributed by atoms with van der Waals surface area (Å²) in [5.41, 5.74) is 6.72. The van der Waals surface area contributed by atoms with E-state index in [1.54, 1.807) is 0 Å². The average molecular weight is 358 g/mol. The zero-order valence-electron chi connectivity index (χ0n) is 16.6. The van der Waals surface area contributed by atoms with Crippen LogP contribution < -0.4 is 0 Å². The second kappa shape index (κ2) is 6.15. The minimum atomic E-state index is 0.189. The van der Waals surface area contributed by atoms with Crippen molar-refractivity contribution in [3.8, 4) is 11.4 Å².